The van der Waals surface area contributed by atoms with Gasteiger partial charge in [-0.3, -0.25) is 4.79 Å². The first kappa shape index (κ1) is 10.5. The number of hydrogen-bond donors (Lipinski definition) is 0. The Balaban J connectivity index is 2.87. The third kappa shape index (κ3) is 2.02. The summed E-state index contributed by atoms with van der Waals surface area (Å²) < 4.78 is 22.5. The topological polar surface area (TPSA) is 54.5 Å². The van der Waals surface area contributed by atoms with E-state index < -0.39 is 15.4 Å². The van der Waals surface area contributed by atoms with Crippen LogP contribution < -0.4 is 0 Å². The molecule has 0 bridgehead atoms. The van der Waals surface area contributed by atoms with Gasteiger partial charge in [0.15, 0.2) is 9.84 Å². The lowest BCUT2D eigenvalue weighted by atomic mass is 10.0. The highest BCUT2D eigenvalue weighted by Gasteiger charge is 2.42. The highest BCUT2D eigenvalue weighted by atomic mass is 32.2. The Kier molecular flexibility index (Phi) is 2.40. The van der Waals surface area contributed by atoms with Crippen LogP contribution in [-0.2, 0) is 14.6 Å². The Bertz CT molecular complexity index is 322. The summed E-state index contributed by atoms with van der Waals surface area (Å²) in [5.41, 5.74) is -0.495. The third-order valence-electron chi connectivity index (χ3n) is 2.76. The van der Waals surface area contributed by atoms with Gasteiger partial charge in [0, 0.05) is 14.0 Å². The van der Waals surface area contributed by atoms with Crippen LogP contribution in [0.3, 0.4) is 0 Å². The second kappa shape index (κ2) is 2.97. The van der Waals surface area contributed by atoms with Gasteiger partial charge in [-0.15, -0.1) is 0 Å². The Morgan fingerprint density at radius 1 is 1.46 bits per heavy atom. The van der Waals surface area contributed by atoms with E-state index in [1.165, 1.54) is 11.8 Å². The summed E-state index contributed by atoms with van der Waals surface area (Å²) >= 11 is 0. The minimum atomic E-state index is -2.93. The molecule has 13 heavy (non-hydrogen) atoms. The molecule has 1 aliphatic heterocycles. The maximum atomic E-state index is 11.2. The number of rotatable bonds is 1. The van der Waals surface area contributed by atoms with Crippen molar-refractivity contribution in [3.8, 4) is 0 Å². The number of amides is 1. The van der Waals surface area contributed by atoms with Crippen molar-refractivity contribution in [3.05, 3.63) is 0 Å². The molecule has 1 heterocycles. The Hall–Kier alpha value is -0.580. The maximum Gasteiger partial charge on any atom is 0.219 e. The SMILES string of the molecule is CC(=O)N(C)C1(C)CCS(=O)(=O)C1. The summed E-state index contributed by atoms with van der Waals surface area (Å²) in [6.45, 7) is 3.27. The highest BCUT2D eigenvalue weighted by Crippen LogP contribution is 2.28. The van der Waals surface area contributed by atoms with Gasteiger partial charge >= 0.3 is 0 Å². The average molecular weight is 205 g/mol. The van der Waals surface area contributed by atoms with Gasteiger partial charge in [0.25, 0.3) is 0 Å². The Morgan fingerprint density at radius 3 is 2.31 bits per heavy atom. The normalized spacial score (nSPS) is 31.6. The molecular weight excluding hydrogens is 190 g/mol. The summed E-state index contributed by atoms with van der Waals surface area (Å²) in [5.74, 6) is 0.205. The predicted molar refractivity (Wildman–Crippen MR) is 50.1 cm³/mol. The molecular formula is C8H15NO3S. The summed E-state index contributed by atoms with van der Waals surface area (Å²) in [5, 5.41) is 0. The van der Waals surface area contributed by atoms with Crippen LogP contribution in [0.1, 0.15) is 20.3 Å². The molecule has 1 rings (SSSR count). The molecule has 1 atom stereocenters. The summed E-state index contributed by atoms with van der Waals surface area (Å²) in [4.78, 5) is 12.6. The van der Waals surface area contributed by atoms with E-state index in [0.717, 1.165) is 0 Å². The zero-order chi connectivity index (χ0) is 10.3. The number of sulfone groups is 1. The molecule has 0 aromatic carbocycles. The maximum absolute atomic E-state index is 11.2. The monoisotopic (exact) mass is 205 g/mol. The second-order valence-electron chi connectivity index (χ2n) is 3.92. The van der Waals surface area contributed by atoms with Crippen LogP contribution in [0, 0.1) is 0 Å². The number of carbonyl (C=O) groups excluding carboxylic acids is 1. The zero-order valence-corrected chi connectivity index (χ0v) is 9.02. The average Bonchev–Trinajstić information content (AvgIpc) is 2.25. The molecule has 0 aliphatic carbocycles. The molecule has 5 heteroatoms. The van der Waals surface area contributed by atoms with Gasteiger partial charge in [0.2, 0.25) is 5.91 Å². The molecule has 0 saturated carbocycles. The minimum Gasteiger partial charge on any atom is -0.340 e. The van der Waals surface area contributed by atoms with Gasteiger partial charge in [0.05, 0.1) is 17.0 Å². The standard InChI is InChI=1S/C8H15NO3S/c1-7(10)9(3)8(2)4-5-13(11,12)6-8/h4-6H2,1-3H3. The molecule has 1 fully saturated rings. The first-order valence-electron chi connectivity index (χ1n) is 4.22. The minimum absolute atomic E-state index is 0.0837. The molecule has 0 radical (unpaired) electrons. The van der Waals surface area contributed by atoms with Crippen molar-refractivity contribution in [2.75, 3.05) is 18.6 Å². The summed E-state index contributed by atoms with van der Waals surface area (Å²) in [7, 11) is -1.27. The van der Waals surface area contributed by atoms with Crippen LogP contribution in [-0.4, -0.2) is 43.3 Å². The molecule has 1 saturated heterocycles. The Morgan fingerprint density at radius 2 is 2.00 bits per heavy atom. The van der Waals surface area contributed by atoms with Crippen molar-refractivity contribution in [1.29, 1.82) is 0 Å². The molecule has 76 valence electrons. The van der Waals surface area contributed by atoms with E-state index in [2.05, 4.69) is 0 Å². The number of carbonyl (C=O) groups is 1. The molecule has 1 unspecified atom stereocenters. The molecule has 0 aromatic rings. The lowest BCUT2D eigenvalue weighted by Gasteiger charge is -2.33. The van der Waals surface area contributed by atoms with E-state index in [0.29, 0.717) is 6.42 Å². The fraction of sp³-hybridized carbons (Fsp3) is 0.875. The first-order chi connectivity index (χ1) is 5.77. The van der Waals surface area contributed by atoms with Crippen LogP contribution in [0.15, 0.2) is 0 Å². The van der Waals surface area contributed by atoms with Crippen LogP contribution in [0.4, 0.5) is 0 Å². The van der Waals surface area contributed by atoms with Crippen molar-refractivity contribution < 1.29 is 13.2 Å². The van der Waals surface area contributed by atoms with Crippen molar-refractivity contribution in [3.63, 3.8) is 0 Å². The van der Waals surface area contributed by atoms with Crippen molar-refractivity contribution in [1.82, 2.24) is 4.90 Å². The fourth-order valence-corrected chi connectivity index (χ4v) is 3.82. The van der Waals surface area contributed by atoms with Gasteiger partial charge < -0.3 is 4.90 Å². The first-order valence-corrected chi connectivity index (χ1v) is 6.04. The third-order valence-corrected chi connectivity index (χ3v) is 4.65. The van der Waals surface area contributed by atoms with Gasteiger partial charge in [-0.25, -0.2) is 8.42 Å². The largest absolute Gasteiger partial charge is 0.340 e. The van der Waals surface area contributed by atoms with E-state index in [9.17, 15) is 13.2 Å². The van der Waals surface area contributed by atoms with Gasteiger partial charge in [-0.2, -0.15) is 0 Å². The molecule has 0 aromatic heterocycles. The predicted octanol–water partition coefficient (Wildman–Crippen LogP) is 0.0419. The van der Waals surface area contributed by atoms with E-state index in [-0.39, 0.29) is 17.4 Å². The van der Waals surface area contributed by atoms with Gasteiger partial charge in [0.1, 0.15) is 0 Å². The van der Waals surface area contributed by atoms with Crippen molar-refractivity contribution in [2.24, 2.45) is 0 Å². The van der Waals surface area contributed by atoms with Gasteiger partial charge in [-0.1, -0.05) is 0 Å². The summed E-state index contributed by atoms with van der Waals surface area (Å²) in [6, 6.07) is 0. The lowest BCUT2D eigenvalue weighted by molar-refractivity contribution is -0.131. The van der Waals surface area contributed by atoms with E-state index in [1.54, 1.807) is 7.05 Å². The van der Waals surface area contributed by atoms with Crippen LogP contribution >= 0.6 is 0 Å². The van der Waals surface area contributed by atoms with E-state index in [4.69, 9.17) is 0 Å². The van der Waals surface area contributed by atoms with E-state index >= 15 is 0 Å². The van der Waals surface area contributed by atoms with Crippen LogP contribution in [0.25, 0.3) is 0 Å². The quantitative estimate of drug-likeness (QED) is 0.607. The van der Waals surface area contributed by atoms with Crippen molar-refractivity contribution in [2.45, 2.75) is 25.8 Å². The highest BCUT2D eigenvalue weighted by molar-refractivity contribution is 7.91. The molecule has 0 spiro atoms. The van der Waals surface area contributed by atoms with Crippen LogP contribution in [0.5, 0.6) is 0 Å². The molecule has 0 N–H and O–H groups in total. The number of hydrogen-bond acceptors (Lipinski definition) is 3. The molecule has 1 aliphatic rings. The van der Waals surface area contributed by atoms with Crippen molar-refractivity contribution >= 4 is 15.7 Å². The Labute approximate surface area is 78.8 Å². The van der Waals surface area contributed by atoms with Gasteiger partial charge in [-0.05, 0) is 13.3 Å². The smallest absolute Gasteiger partial charge is 0.219 e. The lowest BCUT2D eigenvalue weighted by Crippen LogP contribution is -2.47. The summed E-state index contributed by atoms with van der Waals surface area (Å²) in [6.07, 6.45) is 0.547. The molecule has 1 amide bonds. The van der Waals surface area contributed by atoms with Crippen LogP contribution in [0.2, 0.25) is 0 Å². The fourth-order valence-electron chi connectivity index (χ4n) is 1.64. The molecule has 4 nitrogen and oxygen atoms in total. The van der Waals surface area contributed by atoms with E-state index in [1.807, 2.05) is 6.92 Å². The number of nitrogens with zero attached hydrogens (tertiary/aromatic N) is 1. The zero-order valence-electron chi connectivity index (χ0n) is 8.20. The second-order valence-corrected chi connectivity index (χ2v) is 6.10.